The minimum Gasteiger partial charge on any atom is -0.497 e. The van der Waals surface area contributed by atoms with E-state index in [1.807, 2.05) is 0 Å². The molecule has 0 bridgehead atoms. The Bertz CT molecular complexity index is 854. The first-order valence-corrected chi connectivity index (χ1v) is 6.70. The highest BCUT2D eigenvalue weighted by atomic mass is 19.4. The van der Waals surface area contributed by atoms with Crippen LogP contribution in [0.15, 0.2) is 41.5 Å². The molecule has 2 heterocycles. The van der Waals surface area contributed by atoms with Crippen LogP contribution >= 0.6 is 0 Å². The molecule has 2 aromatic heterocycles. The summed E-state index contributed by atoms with van der Waals surface area (Å²) < 4.78 is 50.2. The number of ether oxygens (including phenoxy) is 1. The monoisotopic (exact) mass is 336 g/mol. The fourth-order valence-electron chi connectivity index (χ4n) is 1.95. The molecule has 1 aromatic carbocycles. The highest BCUT2D eigenvalue weighted by Crippen LogP contribution is 2.34. The third kappa shape index (κ3) is 3.45. The standard InChI is InChI=1S/C15H11F3N4O2/c1-23-13-5-10(4-11(6-13)15(16,17)18)14-20-8-22(21-14)3-2-12-7-19-9-24-12/h2-9H,1H3. The Kier molecular flexibility index (Phi) is 4.07. The van der Waals surface area contributed by atoms with Crippen LogP contribution in [0.4, 0.5) is 13.2 Å². The molecule has 0 saturated carbocycles. The van der Waals surface area contributed by atoms with E-state index in [1.165, 1.54) is 36.8 Å². The van der Waals surface area contributed by atoms with Crippen molar-refractivity contribution in [1.82, 2.24) is 19.7 Å². The van der Waals surface area contributed by atoms with Crippen LogP contribution in [0.25, 0.3) is 23.7 Å². The number of nitrogens with zero attached hydrogens (tertiary/aromatic N) is 4. The second kappa shape index (κ2) is 6.19. The number of rotatable bonds is 4. The van der Waals surface area contributed by atoms with Gasteiger partial charge in [0.1, 0.15) is 17.8 Å². The highest BCUT2D eigenvalue weighted by molar-refractivity contribution is 5.60. The van der Waals surface area contributed by atoms with Gasteiger partial charge in [-0.15, -0.1) is 5.10 Å². The Morgan fingerprint density at radius 2 is 2.08 bits per heavy atom. The summed E-state index contributed by atoms with van der Waals surface area (Å²) in [5.74, 6) is 0.725. The predicted octanol–water partition coefficient (Wildman–Crippen LogP) is 3.59. The summed E-state index contributed by atoms with van der Waals surface area (Å²) in [5, 5.41) is 4.11. The largest absolute Gasteiger partial charge is 0.497 e. The number of alkyl halides is 3. The lowest BCUT2D eigenvalue weighted by atomic mass is 10.1. The van der Waals surface area contributed by atoms with Crippen molar-refractivity contribution in [1.29, 1.82) is 0 Å². The molecule has 0 N–H and O–H groups in total. The number of methoxy groups -OCH3 is 1. The van der Waals surface area contributed by atoms with Gasteiger partial charge in [-0.2, -0.15) is 13.2 Å². The van der Waals surface area contributed by atoms with E-state index in [2.05, 4.69) is 15.1 Å². The maximum absolute atomic E-state index is 13.0. The Balaban J connectivity index is 1.92. The number of hydrogen-bond acceptors (Lipinski definition) is 5. The van der Waals surface area contributed by atoms with Crippen LogP contribution in [0, 0.1) is 0 Å². The maximum atomic E-state index is 13.0. The number of aromatic nitrogens is 4. The van der Waals surface area contributed by atoms with Crippen LogP contribution in [0.2, 0.25) is 0 Å². The molecule has 0 aliphatic heterocycles. The normalized spacial score (nSPS) is 12.0. The summed E-state index contributed by atoms with van der Waals surface area (Å²) in [6, 6.07) is 3.34. The smallest absolute Gasteiger partial charge is 0.416 e. The van der Waals surface area contributed by atoms with E-state index < -0.39 is 11.7 Å². The summed E-state index contributed by atoms with van der Waals surface area (Å²) in [4.78, 5) is 7.77. The lowest BCUT2D eigenvalue weighted by molar-refractivity contribution is -0.137. The average molecular weight is 336 g/mol. The number of hydrogen-bond donors (Lipinski definition) is 0. The van der Waals surface area contributed by atoms with Gasteiger partial charge in [0.2, 0.25) is 0 Å². The van der Waals surface area contributed by atoms with Crippen molar-refractivity contribution >= 4 is 12.3 Å². The zero-order valence-electron chi connectivity index (χ0n) is 12.4. The maximum Gasteiger partial charge on any atom is 0.416 e. The van der Waals surface area contributed by atoms with Crippen molar-refractivity contribution in [2.24, 2.45) is 0 Å². The van der Waals surface area contributed by atoms with Crippen molar-refractivity contribution in [2.45, 2.75) is 6.18 Å². The third-order valence-corrected chi connectivity index (χ3v) is 3.08. The molecule has 0 saturated heterocycles. The average Bonchev–Trinajstić information content (AvgIpc) is 3.23. The second-order valence-electron chi connectivity index (χ2n) is 4.72. The first-order valence-electron chi connectivity index (χ1n) is 6.70. The van der Waals surface area contributed by atoms with Gasteiger partial charge < -0.3 is 9.15 Å². The topological polar surface area (TPSA) is 66.0 Å². The zero-order valence-corrected chi connectivity index (χ0v) is 12.4. The fraction of sp³-hybridized carbons (Fsp3) is 0.133. The van der Waals surface area contributed by atoms with E-state index in [1.54, 1.807) is 12.3 Å². The lowest BCUT2D eigenvalue weighted by Gasteiger charge is -2.10. The molecular formula is C15H11F3N4O2. The van der Waals surface area contributed by atoms with Gasteiger partial charge in [-0.1, -0.05) is 0 Å². The van der Waals surface area contributed by atoms with Gasteiger partial charge in [-0.3, -0.25) is 0 Å². The Hall–Kier alpha value is -3.10. The Labute approximate surface area is 134 Å². The Morgan fingerprint density at radius 1 is 1.25 bits per heavy atom. The first-order chi connectivity index (χ1) is 11.5. The summed E-state index contributed by atoms with van der Waals surface area (Å²) in [7, 11) is 1.30. The van der Waals surface area contributed by atoms with Crippen LogP contribution in [0.5, 0.6) is 5.75 Å². The van der Waals surface area contributed by atoms with Crippen molar-refractivity contribution in [3.63, 3.8) is 0 Å². The van der Waals surface area contributed by atoms with Crippen LogP contribution in [-0.2, 0) is 6.18 Å². The van der Waals surface area contributed by atoms with E-state index >= 15 is 0 Å². The molecule has 6 nitrogen and oxygen atoms in total. The molecule has 0 radical (unpaired) electrons. The Morgan fingerprint density at radius 3 is 2.75 bits per heavy atom. The molecule has 0 atom stereocenters. The molecule has 0 aliphatic carbocycles. The molecular weight excluding hydrogens is 325 g/mol. The molecule has 0 aliphatic rings. The number of benzene rings is 1. The van der Waals surface area contributed by atoms with Gasteiger partial charge in [0.25, 0.3) is 0 Å². The van der Waals surface area contributed by atoms with Gasteiger partial charge in [0.15, 0.2) is 12.2 Å². The quantitative estimate of drug-likeness (QED) is 0.728. The van der Waals surface area contributed by atoms with E-state index in [0.717, 1.165) is 12.1 Å². The summed E-state index contributed by atoms with van der Waals surface area (Å²) in [6.45, 7) is 0. The van der Waals surface area contributed by atoms with Crippen molar-refractivity contribution < 1.29 is 22.3 Å². The van der Waals surface area contributed by atoms with Crippen LogP contribution in [-0.4, -0.2) is 26.9 Å². The molecule has 24 heavy (non-hydrogen) atoms. The van der Waals surface area contributed by atoms with E-state index in [-0.39, 0.29) is 17.1 Å². The lowest BCUT2D eigenvalue weighted by Crippen LogP contribution is -2.05. The van der Waals surface area contributed by atoms with Crippen molar-refractivity contribution in [3.05, 3.63) is 48.4 Å². The van der Waals surface area contributed by atoms with E-state index in [4.69, 9.17) is 9.15 Å². The summed E-state index contributed by atoms with van der Waals surface area (Å²) in [6.07, 6.45) is 2.81. The predicted molar refractivity (Wildman–Crippen MR) is 78.7 cm³/mol. The van der Waals surface area contributed by atoms with E-state index in [9.17, 15) is 13.2 Å². The minimum absolute atomic E-state index is 0.0772. The summed E-state index contributed by atoms with van der Waals surface area (Å²) in [5.41, 5.74) is -0.626. The molecule has 0 amide bonds. The SMILES string of the molecule is COc1cc(-c2ncn(C=Cc3cnco3)n2)cc(C(F)(F)F)c1. The molecule has 3 aromatic rings. The minimum atomic E-state index is -4.49. The highest BCUT2D eigenvalue weighted by Gasteiger charge is 2.31. The molecule has 0 unspecified atom stereocenters. The number of halogens is 3. The first kappa shape index (κ1) is 15.8. The van der Waals surface area contributed by atoms with E-state index in [0.29, 0.717) is 5.76 Å². The fourth-order valence-corrected chi connectivity index (χ4v) is 1.95. The molecule has 0 spiro atoms. The van der Waals surface area contributed by atoms with Gasteiger partial charge >= 0.3 is 6.18 Å². The van der Waals surface area contributed by atoms with Gasteiger partial charge in [0.05, 0.1) is 18.9 Å². The molecule has 0 fully saturated rings. The van der Waals surface area contributed by atoms with Crippen LogP contribution in [0.1, 0.15) is 11.3 Å². The molecule has 3 rings (SSSR count). The number of oxazole rings is 1. The van der Waals surface area contributed by atoms with Gasteiger partial charge in [0, 0.05) is 17.8 Å². The van der Waals surface area contributed by atoms with Gasteiger partial charge in [-0.05, 0) is 18.2 Å². The van der Waals surface area contributed by atoms with Crippen molar-refractivity contribution in [3.8, 4) is 17.1 Å². The molecule has 9 heteroatoms. The zero-order chi connectivity index (χ0) is 17.2. The second-order valence-corrected chi connectivity index (χ2v) is 4.72. The van der Waals surface area contributed by atoms with Crippen LogP contribution < -0.4 is 4.74 Å². The van der Waals surface area contributed by atoms with Crippen molar-refractivity contribution in [2.75, 3.05) is 7.11 Å². The van der Waals surface area contributed by atoms with Crippen LogP contribution in [0.3, 0.4) is 0 Å². The molecule has 124 valence electrons. The summed E-state index contributed by atoms with van der Waals surface area (Å²) >= 11 is 0. The van der Waals surface area contributed by atoms with Gasteiger partial charge in [-0.25, -0.2) is 14.6 Å². The third-order valence-electron chi connectivity index (χ3n) is 3.08.